The molecule has 3 N–H and O–H groups in total. The van der Waals surface area contributed by atoms with Crippen LogP contribution in [0.15, 0.2) is 48.5 Å². The molecule has 0 bridgehead atoms. The molecule has 164 valence electrons. The molecule has 9 nitrogen and oxygen atoms in total. The molecule has 2 aromatic rings. The number of carbonyl (C=O) groups is 3. The van der Waals surface area contributed by atoms with Gasteiger partial charge in [-0.15, -0.1) is 0 Å². The van der Waals surface area contributed by atoms with Crippen molar-refractivity contribution in [3.8, 4) is 11.5 Å². The van der Waals surface area contributed by atoms with E-state index in [-0.39, 0.29) is 18.5 Å². The Kier molecular flexibility index (Phi) is 7.31. The maximum Gasteiger partial charge on any atom is 0.321 e. The molecule has 0 radical (unpaired) electrons. The zero-order valence-electron chi connectivity index (χ0n) is 17.5. The number of nitrogens with zero attached hydrogens (tertiary/aromatic N) is 1. The van der Waals surface area contributed by atoms with Crippen LogP contribution in [0.25, 0.3) is 0 Å². The highest BCUT2D eigenvalue weighted by Crippen LogP contribution is 2.27. The van der Waals surface area contributed by atoms with Gasteiger partial charge in [-0.3, -0.25) is 20.4 Å². The number of nitrogens with one attached hydrogen (secondary N) is 3. The number of para-hydroxylation sites is 1. The van der Waals surface area contributed by atoms with Crippen LogP contribution in [0.3, 0.4) is 0 Å². The molecule has 0 saturated carbocycles. The van der Waals surface area contributed by atoms with E-state index < -0.39 is 11.8 Å². The van der Waals surface area contributed by atoms with Crippen molar-refractivity contribution in [1.29, 1.82) is 0 Å². The van der Waals surface area contributed by atoms with Crippen molar-refractivity contribution >= 4 is 23.5 Å². The highest BCUT2D eigenvalue weighted by atomic mass is 16.5. The maximum absolute atomic E-state index is 12.6. The lowest BCUT2D eigenvalue weighted by Crippen LogP contribution is -2.50. The van der Waals surface area contributed by atoms with Gasteiger partial charge in [-0.2, -0.15) is 0 Å². The molecule has 31 heavy (non-hydrogen) atoms. The van der Waals surface area contributed by atoms with E-state index in [2.05, 4.69) is 16.2 Å². The summed E-state index contributed by atoms with van der Waals surface area (Å²) in [6.45, 7) is 0.844. The number of methoxy groups -OCH3 is 2. The first-order valence-corrected chi connectivity index (χ1v) is 9.95. The molecule has 4 amide bonds. The molecular formula is C22H26N4O5. The van der Waals surface area contributed by atoms with Gasteiger partial charge in [0.15, 0.2) is 11.5 Å². The number of carbonyl (C=O) groups excluding carboxylic acids is 3. The summed E-state index contributed by atoms with van der Waals surface area (Å²) in [6.07, 6.45) is 1.33. The number of benzene rings is 2. The minimum absolute atomic E-state index is 0.252. The van der Waals surface area contributed by atoms with Crippen LogP contribution in [0.5, 0.6) is 11.5 Å². The van der Waals surface area contributed by atoms with Crippen molar-refractivity contribution in [2.75, 3.05) is 32.6 Å². The smallest absolute Gasteiger partial charge is 0.321 e. The van der Waals surface area contributed by atoms with Gasteiger partial charge in [0, 0.05) is 24.3 Å². The van der Waals surface area contributed by atoms with Gasteiger partial charge in [0.2, 0.25) is 5.91 Å². The van der Waals surface area contributed by atoms with Crippen LogP contribution in [0.2, 0.25) is 0 Å². The normalized spacial score (nSPS) is 15.5. The van der Waals surface area contributed by atoms with E-state index in [1.807, 2.05) is 18.2 Å². The third kappa shape index (κ3) is 5.65. The number of rotatable bonds is 5. The van der Waals surface area contributed by atoms with Crippen LogP contribution in [-0.4, -0.2) is 50.1 Å². The number of likely N-dealkylation sites (tertiary alicyclic amines) is 1. The Morgan fingerprint density at radius 2 is 1.71 bits per heavy atom. The number of amides is 4. The van der Waals surface area contributed by atoms with Gasteiger partial charge in [0.1, 0.15) is 0 Å². The average molecular weight is 426 g/mol. The number of hydrogen-bond donors (Lipinski definition) is 3. The van der Waals surface area contributed by atoms with Crippen molar-refractivity contribution in [2.45, 2.75) is 12.8 Å². The fraction of sp³-hybridized carbons (Fsp3) is 0.318. The standard InChI is InChI=1S/C22H26N4O5/c1-30-18-11-10-15(13-19(18)31-2)20(27)24-25-21(28)16-7-6-12-26(14-16)22(29)23-17-8-4-3-5-9-17/h3-5,8-11,13,16H,6-7,12,14H2,1-2H3,(H,23,29)(H,24,27)(H,25,28). The molecule has 1 fully saturated rings. The number of hydrazine groups is 1. The molecule has 1 saturated heterocycles. The Bertz CT molecular complexity index is 935. The Hall–Kier alpha value is -3.75. The Balaban J connectivity index is 1.53. The van der Waals surface area contributed by atoms with Gasteiger partial charge in [0.05, 0.1) is 20.1 Å². The summed E-state index contributed by atoms with van der Waals surface area (Å²) in [6, 6.07) is 13.6. The van der Waals surface area contributed by atoms with Crippen molar-refractivity contribution in [1.82, 2.24) is 15.8 Å². The van der Waals surface area contributed by atoms with Gasteiger partial charge in [-0.1, -0.05) is 18.2 Å². The maximum atomic E-state index is 12.6. The molecule has 3 rings (SSSR count). The fourth-order valence-electron chi connectivity index (χ4n) is 3.37. The van der Waals surface area contributed by atoms with Crippen LogP contribution >= 0.6 is 0 Å². The molecule has 0 aliphatic carbocycles. The number of urea groups is 1. The molecular weight excluding hydrogens is 400 g/mol. The third-order valence-corrected chi connectivity index (χ3v) is 5.05. The molecule has 2 aromatic carbocycles. The first-order chi connectivity index (χ1) is 15.0. The fourth-order valence-corrected chi connectivity index (χ4v) is 3.37. The number of hydrogen-bond acceptors (Lipinski definition) is 5. The monoisotopic (exact) mass is 426 g/mol. The van der Waals surface area contributed by atoms with E-state index in [4.69, 9.17) is 9.47 Å². The molecule has 1 aliphatic rings. The zero-order chi connectivity index (χ0) is 22.2. The predicted molar refractivity (Wildman–Crippen MR) is 115 cm³/mol. The number of anilines is 1. The lowest BCUT2D eigenvalue weighted by Gasteiger charge is -2.32. The van der Waals surface area contributed by atoms with E-state index in [9.17, 15) is 14.4 Å². The van der Waals surface area contributed by atoms with Gasteiger partial charge < -0.3 is 19.7 Å². The van der Waals surface area contributed by atoms with Gasteiger partial charge in [0.25, 0.3) is 5.91 Å². The number of piperidine rings is 1. The highest BCUT2D eigenvalue weighted by Gasteiger charge is 2.28. The SMILES string of the molecule is COc1ccc(C(=O)NNC(=O)C2CCCN(C(=O)Nc3ccccc3)C2)cc1OC. The van der Waals surface area contributed by atoms with E-state index in [0.717, 1.165) is 0 Å². The highest BCUT2D eigenvalue weighted by molar-refractivity contribution is 5.96. The second-order valence-electron chi connectivity index (χ2n) is 7.09. The first-order valence-electron chi connectivity index (χ1n) is 9.95. The van der Waals surface area contributed by atoms with Crippen LogP contribution in [0.1, 0.15) is 23.2 Å². The van der Waals surface area contributed by atoms with Crippen molar-refractivity contribution in [3.63, 3.8) is 0 Å². The summed E-state index contributed by atoms with van der Waals surface area (Å²) >= 11 is 0. The second kappa shape index (κ2) is 10.3. The summed E-state index contributed by atoms with van der Waals surface area (Å²) in [4.78, 5) is 39.0. The van der Waals surface area contributed by atoms with Crippen molar-refractivity contribution in [2.24, 2.45) is 5.92 Å². The molecule has 0 aromatic heterocycles. The zero-order valence-corrected chi connectivity index (χ0v) is 17.5. The lowest BCUT2D eigenvalue weighted by atomic mass is 9.98. The Morgan fingerprint density at radius 1 is 0.968 bits per heavy atom. The van der Waals surface area contributed by atoms with Crippen molar-refractivity contribution in [3.05, 3.63) is 54.1 Å². The summed E-state index contributed by atoms with van der Waals surface area (Å²) in [7, 11) is 2.98. The van der Waals surface area contributed by atoms with E-state index in [1.165, 1.54) is 20.3 Å². The predicted octanol–water partition coefficient (Wildman–Crippen LogP) is 2.41. The summed E-state index contributed by atoms with van der Waals surface area (Å²) in [5, 5.41) is 2.83. The van der Waals surface area contributed by atoms with Gasteiger partial charge in [-0.25, -0.2) is 4.79 Å². The second-order valence-corrected chi connectivity index (χ2v) is 7.09. The molecule has 9 heteroatoms. The minimum Gasteiger partial charge on any atom is -0.493 e. The average Bonchev–Trinajstić information content (AvgIpc) is 2.82. The van der Waals surface area contributed by atoms with E-state index in [1.54, 1.807) is 29.2 Å². The molecule has 1 aliphatic heterocycles. The minimum atomic E-state index is -0.483. The Labute approximate surface area is 180 Å². The summed E-state index contributed by atoms with van der Waals surface area (Å²) in [5.41, 5.74) is 5.88. The lowest BCUT2D eigenvalue weighted by molar-refractivity contribution is -0.127. The van der Waals surface area contributed by atoms with Crippen LogP contribution in [0, 0.1) is 5.92 Å². The van der Waals surface area contributed by atoms with Crippen LogP contribution < -0.4 is 25.6 Å². The van der Waals surface area contributed by atoms with Gasteiger partial charge in [-0.05, 0) is 43.2 Å². The summed E-state index contributed by atoms with van der Waals surface area (Å²) < 4.78 is 10.3. The molecule has 1 heterocycles. The first kappa shape index (κ1) is 21.9. The molecule has 1 unspecified atom stereocenters. The topological polar surface area (TPSA) is 109 Å². The molecule has 0 spiro atoms. The summed E-state index contributed by atoms with van der Waals surface area (Å²) in [5.74, 6) is -0.330. The van der Waals surface area contributed by atoms with E-state index >= 15 is 0 Å². The van der Waals surface area contributed by atoms with Crippen LogP contribution in [-0.2, 0) is 4.79 Å². The third-order valence-electron chi connectivity index (χ3n) is 5.05. The largest absolute Gasteiger partial charge is 0.493 e. The Morgan fingerprint density at radius 3 is 2.42 bits per heavy atom. The van der Waals surface area contributed by atoms with Crippen LogP contribution in [0.4, 0.5) is 10.5 Å². The quantitative estimate of drug-likeness (QED) is 0.636. The number of ether oxygens (including phenoxy) is 2. The van der Waals surface area contributed by atoms with Gasteiger partial charge >= 0.3 is 6.03 Å². The molecule has 1 atom stereocenters. The van der Waals surface area contributed by atoms with E-state index in [0.29, 0.717) is 42.1 Å². The van der Waals surface area contributed by atoms with Crippen molar-refractivity contribution < 1.29 is 23.9 Å².